The molecule has 1 aromatic carbocycles. The Balaban J connectivity index is 2.23. The molecule has 0 aliphatic rings. The smallest absolute Gasteiger partial charge is 0.0591 e. The molecule has 0 saturated carbocycles. The van der Waals surface area contributed by atoms with E-state index in [4.69, 9.17) is 27.9 Å². The summed E-state index contributed by atoms with van der Waals surface area (Å²) in [6.07, 6.45) is 0.797. The number of nitrogens with one attached hydrogen (secondary N) is 1. The van der Waals surface area contributed by atoms with E-state index in [1.807, 2.05) is 12.1 Å². The lowest BCUT2D eigenvalue weighted by molar-refractivity contribution is 0.139. The second kappa shape index (κ2) is 7.91. The predicted molar refractivity (Wildman–Crippen MR) is 69.5 cm³/mol. The minimum absolute atomic E-state index is 0.672. The maximum Gasteiger partial charge on any atom is 0.0591 e. The summed E-state index contributed by atoms with van der Waals surface area (Å²) in [5, 5.41) is 4.66. The van der Waals surface area contributed by atoms with Gasteiger partial charge < -0.3 is 10.1 Å². The first-order chi connectivity index (χ1) is 7.74. The highest BCUT2D eigenvalue weighted by molar-refractivity contribution is 6.33. The van der Waals surface area contributed by atoms with Gasteiger partial charge in [-0.2, -0.15) is 0 Å². The Labute approximate surface area is 107 Å². The SMILES string of the molecule is CCNCCOCCc1cc(Cl)ccc1Cl. The van der Waals surface area contributed by atoms with Crippen molar-refractivity contribution in [2.75, 3.05) is 26.3 Å². The molecule has 1 rings (SSSR count). The van der Waals surface area contributed by atoms with E-state index in [2.05, 4.69) is 12.2 Å². The maximum absolute atomic E-state index is 6.03. The monoisotopic (exact) mass is 261 g/mol. The summed E-state index contributed by atoms with van der Waals surface area (Å²) in [4.78, 5) is 0. The summed E-state index contributed by atoms with van der Waals surface area (Å²) in [5.41, 5.74) is 1.04. The van der Waals surface area contributed by atoms with E-state index in [1.54, 1.807) is 6.07 Å². The van der Waals surface area contributed by atoms with Crippen LogP contribution in [0.25, 0.3) is 0 Å². The fourth-order valence-electron chi connectivity index (χ4n) is 1.34. The molecule has 0 bridgehead atoms. The van der Waals surface area contributed by atoms with Gasteiger partial charge in [-0.05, 0) is 36.7 Å². The van der Waals surface area contributed by atoms with Gasteiger partial charge in [-0.3, -0.25) is 0 Å². The molecule has 0 aromatic heterocycles. The molecule has 0 atom stereocenters. The van der Waals surface area contributed by atoms with Crippen molar-refractivity contribution in [3.05, 3.63) is 33.8 Å². The van der Waals surface area contributed by atoms with Gasteiger partial charge in [-0.25, -0.2) is 0 Å². The summed E-state index contributed by atoms with van der Waals surface area (Å²) >= 11 is 11.9. The standard InChI is InChI=1S/C12H17Cl2NO/c1-2-15-6-8-16-7-5-10-9-11(13)3-4-12(10)14/h3-4,9,15H,2,5-8H2,1H3. The largest absolute Gasteiger partial charge is 0.380 e. The number of halogens is 2. The van der Waals surface area contributed by atoms with Gasteiger partial charge in [-0.1, -0.05) is 30.1 Å². The molecule has 0 radical (unpaired) electrons. The lowest BCUT2D eigenvalue weighted by Crippen LogP contribution is -2.19. The highest BCUT2D eigenvalue weighted by atomic mass is 35.5. The van der Waals surface area contributed by atoms with Gasteiger partial charge in [0.2, 0.25) is 0 Å². The minimum atomic E-state index is 0.672. The summed E-state index contributed by atoms with van der Waals surface area (Å²) in [6.45, 7) is 5.34. The molecule has 0 saturated heterocycles. The quantitative estimate of drug-likeness (QED) is 0.762. The van der Waals surface area contributed by atoms with Gasteiger partial charge in [0, 0.05) is 16.6 Å². The van der Waals surface area contributed by atoms with E-state index >= 15 is 0 Å². The van der Waals surface area contributed by atoms with Crippen molar-refractivity contribution in [2.45, 2.75) is 13.3 Å². The van der Waals surface area contributed by atoms with Crippen molar-refractivity contribution in [3.63, 3.8) is 0 Å². The lowest BCUT2D eigenvalue weighted by atomic mass is 10.2. The van der Waals surface area contributed by atoms with Crippen molar-refractivity contribution in [2.24, 2.45) is 0 Å². The van der Waals surface area contributed by atoms with Crippen LogP contribution in [0.2, 0.25) is 10.0 Å². The van der Waals surface area contributed by atoms with Crippen LogP contribution in [0, 0.1) is 0 Å². The average Bonchev–Trinajstić information content (AvgIpc) is 2.28. The number of hydrogen-bond acceptors (Lipinski definition) is 2. The van der Waals surface area contributed by atoms with Crippen LogP contribution in [0.1, 0.15) is 12.5 Å². The fourth-order valence-corrected chi connectivity index (χ4v) is 1.75. The highest BCUT2D eigenvalue weighted by Gasteiger charge is 2.01. The van der Waals surface area contributed by atoms with E-state index in [0.29, 0.717) is 11.6 Å². The number of rotatable bonds is 7. The molecule has 0 heterocycles. The lowest BCUT2D eigenvalue weighted by Gasteiger charge is -2.06. The van der Waals surface area contributed by atoms with Crippen molar-refractivity contribution in [3.8, 4) is 0 Å². The second-order valence-corrected chi connectivity index (χ2v) is 4.30. The molecule has 2 nitrogen and oxygen atoms in total. The van der Waals surface area contributed by atoms with Crippen LogP contribution in [0.3, 0.4) is 0 Å². The zero-order valence-corrected chi connectivity index (χ0v) is 10.9. The van der Waals surface area contributed by atoms with Gasteiger partial charge in [0.05, 0.1) is 13.2 Å². The number of benzene rings is 1. The molecule has 16 heavy (non-hydrogen) atoms. The Bertz CT molecular complexity index is 318. The number of hydrogen-bond donors (Lipinski definition) is 1. The van der Waals surface area contributed by atoms with Crippen LogP contribution in [-0.4, -0.2) is 26.3 Å². The fraction of sp³-hybridized carbons (Fsp3) is 0.500. The first kappa shape index (κ1) is 13.8. The van der Waals surface area contributed by atoms with E-state index in [1.165, 1.54) is 0 Å². The molecule has 4 heteroatoms. The molecular weight excluding hydrogens is 245 g/mol. The first-order valence-corrected chi connectivity index (χ1v) is 6.22. The Morgan fingerprint density at radius 1 is 1.25 bits per heavy atom. The normalized spacial score (nSPS) is 10.7. The van der Waals surface area contributed by atoms with Crippen LogP contribution in [0.4, 0.5) is 0 Å². The van der Waals surface area contributed by atoms with Crippen molar-refractivity contribution < 1.29 is 4.74 Å². The number of likely N-dealkylation sites (N-methyl/N-ethyl adjacent to an activating group) is 1. The van der Waals surface area contributed by atoms with Crippen molar-refractivity contribution in [1.29, 1.82) is 0 Å². The Hall–Kier alpha value is -0.280. The second-order valence-electron chi connectivity index (χ2n) is 3.45. The predicted octanol–water partition coefficient (Wildman–Crippen LogP) is 3.16. The summed E-state index contributed by atoms with van der Waals surface area (Å²) in [5.74, 6) is 0. The summed E-state index contributed by atoms with van der Waals surface area (Å²) in [6, 6.07) is 5.49. The zero-order chi connectivity index (χ0) is 11.8. The van der Waals surface area contributed by atoms with E-state index in [-0.39, 0.29) is 0 Å². The topological polar surface area (TPSA) is 21.3 Å². The molecule has 90 valence electrons. The van der Waals surface area contributed by atoms with Crippen LogP contribution < -0.4 is 5.32 Å². The highest BCUT2D eigenvalue weighted by Crippen LogP contribution is 2.20. The van der Waals surface area contributed by atoms with E-state index in [0.717, 1.165) is 36.7 Å². The van der Waals surface area contributed by atoms with E-state index < -0.39 is 0 Å². The Kier molecular flexibility index (Phi) is 6.81. The van der Waals surface area contributed by atoms with Crippen LogP contribution in [0.5, 0.6) is 0 Å². The number of ether oxygens (including phenoxy) is 1. The molecule has 0 fully saturated rings. The van der Waals surface area contributed by atoms with Crippen LogP contribution >= 0.6 is 23.2 Å². The third-order valence-corrected chi connectivity index (χ3v) is 2.80. The summed E-state index contributed by atoms with van der Waals surface area (Å²) < 4.78 is 5.47. The third kappa shape index (κ3) is 5.17. The third-order valence-electron chi connectivity index (χ3n) is 2.20. The maximum atomic E-state index is 6.03. The molecule has 0 amide bonds. The van der Waals surface area contributed by atoms with Gasteiger partial charge in [0.15, 0.2) is 0 Å². The van der Waals surface area contributed by atoms with Gasteiger partial charge >= 0.3 is 0 Å². The molecule has 0 aliphatic carbocycles. The van der Waals surface area contributed by atoms with E-state index in [9.17, 15) is 0 Å². The van der Waals surface area contributed by atoms with Crippen molar-refractivity contribution >= 4 is 23.2 Å². The Morgan fingerprint density at radius 3 is 2.81 bits per heavy atom. The van der Waals surface area contributed by atoms with Crippen LogP contribution in [-0.2, 0) is 11.2 Å². The molecule has 1 N–H and O–H groups in total. The minimum Gasteiger partial charge on any atom is -0.380 e. The molecule has 1 aromatic rings. The van der Waals surface area contributed by atoms with Gasteiger partial charge in [0.1, 0.15) is 0 Å². The summed E-state index contributed by atoms with van der Waals surface area (Å²) in [7, 11) is 0. The first-order valence-electron chi connectivity index (χ1n) is 5.46. The van der Waals surface area contributed by atoms with Crippen molar-refractivity contribution in [1.82, 2.24) is 5.32 Å². The molecule has 0 spiro atoms. The molecule has 0 unspecified atom stereocenters. The van der Waals surface area contributed by atoms with Gasteiger partial charge in [-0.15, -0.1) is 0 Å². The van der Waals surface area contributed by atoms with Gasteiger partial charge in [0.25, 0.3) is 0 Å². The average molecular weight is 262 g/mol. The van der Waals surface area contributed by atoms with Crippen LogP contribution in [0.15, 0.2) is 18.2 Å². The zero-order valence-electron chi connectivity index (χ0n) is 9.43. The molecule has 0 aliphatic heterocycles. The Morgan fingerprint density at radius 2 is 2.06 bits per heavy atom. The molecular formula is C12H17Cl2NO.